The molecule has 18 heavy (non-hydrogen) atoms. The predicted octanol–water partition coefficient (Wildman–Crippen LogP) is 1.93. The van der Waals surface area contributed by atoms with Crippen LogP contribution in [0.25, 0.3) is 0 Å². The lowest BCUT2D eigenvalue weighted by Gasteiger charge is -2.38. The van der Waals surface area contributed by atoms with E-state index < -0.39 is 0 Å². The third-order valence-corrected chi connectivity index (χ3v) is 5.23. The highest BCUT2D eigenvalue weighted by Crippen LogP contribution is 2.31. The molecule has 1 aliphatic heterocycles. The van der Waals surface area contributed by atoms with Crippen LogP contribution in [0.1, 0.15) is 44.9 Å². The van der Waals surface area contributed by atoms with Crippen molar-refractivity contribution in [2.75, 3.05) is 40.8 Å². The van der Waals surface area contributed by atoms with Gasteiger partial charge >= 0.3 is 0 Å². The molecule has 0 spiro atoms. The van der Waals surface area contributed by atoms with E-state index in [4.69, 9.17) is 0 Å². The smallest absolute Gasteiger partial charge is 0.0229 e. The fraction of sp³-hybridized carbons (Fsp3) is 1.00. The van der Waals surface area contributed by atoms with Gasteiger partial charge in [0.25, 0.3) is 0 Å². The van der Waals surface area contributed by atoms with Gasteiger partial charge in [0.05, 0.1) is 0 Å². The molecule has 1 N–H and O–H groups in total. The first kappa shape index (κ1) is 14.3. The summed E-state index contributed by atoms with van der Waals surface area (Å²) >= 11 is 0. The van der Waals surface area contributed by atoms with E-state index in [1.165, 1.54) is 64.6 Å². The highest BCUT2D eigenvalue weighted by Gasteiger charge is 2.31. The van der Waals surface area contributed by atoms with Crippen LogP contribution < -0.4 is 5.32 Å². The summed E-state index contributed by atoms with van der Waals surface area (Å²) in [5.74, 6) is 0. The quantitative estimate of drug-likeness (QED) is 0.808. The first-order chi connectivity index (χ1) is 8.65. The van der Waals surface area contributed by atoms with Gasteiger partial charge in [-0.3, -0.25) is 0 Å². The summed E-state index contributed by atoms with van der Waals surface area (Å²) in [6, 6.07) is 0.780. The molecule has 1 atom stereocenters. The SMILES string of the molecule is CNC1(CCN2CCC(N(C)C)C2)CCCCC1. The molecule has 1 aliphatic carbocycles. The van der Waals surface area contributed by atoms with Gasteiger partial charge in [-0.05, 0) is 59.9 Å². The molecular formula is C15H31N3. The molecule has 0 aromatic heterocycles. The van der Waals surface area contributed by atoms with Crippen molar-refractivity contribution in [1.29, 1.82) is 0 Å². The van der Waals surface area contributed by atoms with Gasteiger partial charge in [-0.1, -0.05) is 19.3 Å². The maximum atomic E-state index is 3.64. The zero-order chi connectivity index (χ0) is 13.0. The third kappa shape index (κ3) is 3.46. The molecule has 0 aromatic rings. The molecule has 1 saturated carbocycles. The number of hydrogen-bond donors (Lipinski definition) is 1. The summed E-state index contributed by atoms with van der Waals surface area (Å²) in [4.78, 5) is 5.05. The van der Waals surface area contributed by atoms with Crippen LogP contribution in [0.15, 0.2) is 0 Å². The van der Waals surface area contributed by atoms with Crippen LogP contribution in [0, 0.1) is 0 Å². The van der Waals surface area contributed by atoms with Gasteiger partial charge in [0.1, 0.15) is 0 Å². The minimum Gasteiger partial charge on any atom is -0.314 e. The number of likely N-dealkylation sites (tertiary alicyclic amines) is 1. The van der Waals surface area contributed by atoms with Crippen molar-refractivity contribution < 1.29 is 0 Å². The average Bonchev–Trinajstić information content (AvgIpc) is 2.87. The highest BCUT2D eigenvalue weighted by atomic mass is 15.2. The van der Waals surface area contributed by atoms with E-state index in [2.05, 4.69) is 36.3 Å². The minimum absolute atomic E-state index is 0.453. The lowest BCUT2D eigenvalue weighted by Crippen LogP contribution is -2.47. The standard InChI is InChI=1S/C15H31N3/c1-16-15(8-5-4-6-9-15)10-12-18-11-7-14(13-18)17(2)3/h14,16H,4-13H2,1-3H3. The van der Waals surface area contributed by atoms with Gasteiger partial charge in [0.2, 0.25) is 0 Å². The van der Waals surface area contributed by atoms with Gasteiger partial charge in [0, 0.05) is 18.1 Å². The molecule has 1 unspecified atom stereocenters. The molecular weight excluding hydrogens is 222 g/mol. The largest absolute Gasteiger partial charge is 0.314 e. The van der Waals surface area contributed by atoms with Crippen LogP contribution in [-0.4, -0.2) is 62.2 Å². The first-order valence-corrected chi connectivity index (χ1v) is 7.73. The second-order valence-electron chi connectivity index (χ2n) is 6.55. The molecule has 0 aromatic carbocycles. The van der Waals surface area contributed by atoms with Gasteiger partial charge in [-0.15, -0.1) is 0 Å². The van der Waals surface area contributed by atoms with Gasteiger partial charge in [-0.25, -0.2) is 0 Å². The van der Waals surface area contributed by atoms with E-state index >= 15 is 0 Å². The Balaban J connectivity index is 1.77. The van der Waals surface area contributed by atoms with Gasteiger partial charge in [0.15, 0.2) is 0 Å². The van der Waals surface area contributed by atoms with Crippen molar-refractivity contribution in [1.82, 2.24) is 15.1 Å². The Kier molecular flexibility index (Phi) is 5.05. The van der Waals surface area contributed by atoms with Crippen molar-refractivity contribution in [3.8, 4) is 0 Å². The monoisotopic (exact) mass is 253 g/mol. The molecule has 2 fully saturated rings. The summed E-state index contributed by atoms with van der Waals surface area (Å²) < 4.78 is 0. The number of likely N-dealkylation sites (N-methyl/N-ethyl adjacent to an activating group) is 1. The van der Waals surface area contributed by atoms with Crippen LogP contribution in [0.3, 0.4) is 0 Å². The van der Waals surface area contributed by atoms with Crippen molar-refractivity contribution in [3.05, 3.63) is 0 Å². The van der Waals surface area contributed by atoms with Crippen LogP contribution >= 0.6 is 0 Å². The average molecular weight is 253 g/mol. The van der Waals surface area contributed by atoms with Gasteiger partial charge < -0.3 is 15.1 Å². The summed E-state index contributed by atoms with van der Waals surface area (Å²) in [5.41, 5.74) is 0.453. The molecule has 3 heteroatoms. The summed E-state index contributed by atoms with van der Waals surface area (Å²) in [6.07, 6.45) is 9.73. The number of nitrogens with zero attached hydrogens (tertiary/aromatic N) is 2. The van der Waals surface area contributed by atoms with Crippen LogP contribution in [0.5, 0.6) is 0 Å². The maximum Gasteiger partial charge on any atom is 0.0229 e. The highest BCUT2D eigenvalue weighted by molar-refractivity contribution is 4.91. The molecule has 1 saturated heterocycles. The van der Waals surface area contributed by atoms with Crippen molar-refractivity contribution in [2.45, 2.75) is 56.5 Å². The summed E-state index contributed by atoms with van der Waals surface area (Å²) in [5, 5.41) is 3.64. The van der Waals surface area contributed by atoms with Gasteiger partial charge in [-0.2, -0.15) is 0 Å². The molecule has 106 valence electrons. The molecule has 1 heterocycles. The van der Waals surface area contributed by atoms with Crippen LogP contribution in [0.2, 0.25) is 0 Å². The Labute approximate surface area is 113 Å². The minimum atomic E-state index is 0.453. The summed E-state index contributed by atoms with van der Waals surface area (Å²) in [7, 11) is 6.59. The van der Waals surface area contributed by atoms with Crippen molar-refractivity contribution in [2.24, 2.45) is 0 Å². The van der Waals surface area contributed by atoms with Crippen LogP contribution in [-0.2, 0) is 0 Å². The fourth-order valence-corrected chi connectivity index (χ4v) is 3.66. The predicted molar refractivity (Wildman–Crippen MR) is 78.0 cm³/mol. The first-order valence-electron chi connectivity index (χ1n) is 7.73. The summed E-state index contributed by atoms with van der Waals surface area (Å²) in [6.45, 7) is 3.85. The fourth-order valence-electron chi connectivity index (χ4n) is 3.66. The van der Waals surface area contributed by atoms with E-state index in [0.29, 0.717) is 5.54 Å². The lowest BCUT2D eigenvalue weighted by molar-refractivity contribution is 0.190. The Bertz CT molecular complexity index is 246. The van der Waals surface area contributed by atoms with E-state index in [1.54, 1.807) is 0 Å². The van der Waals surface area contributed by atoms with E-state index in [1.807, 2.05) is 0 Å². The zero-order valence-corrected chi connectivity index (χ0v) is 12.5. The molecule has 0 amide bonds. The Morgan fingerprint density at radius 3 is 2.50 bits per heavy atom. The topological polar surface area (TPSA) is 18.5 Å². The molecule has 0 bridgehead atoms. The van der Waals surface area contributed by atoms with Crippen LogP contribution in [0.4, 0.5) is 0 Å². The second-order valence-corrected chi connectivity index (χ2v) is 6.55. The Morgan fingerprint density at radius 1 is 1.22 bits per heavy atom. The lowest BCUT2D eigenvalue weighted by atomic mass is 9.79. The molecule has 3 nitrogen and oxygen atoms in total. The van der Waals surface area contributed by atoms with E-state index in [0.717, 1.165) is 6.04 Å². The normalized spacial score (nSPS) is 29.0. The van der Waals surface area contributed by atoms with E-state index in [-0.39, 0.29) is 0 Å². The Hall–Kier alpha value is -0.120. The molecule has 0 radical (unpaired) electrons. The molecule has 2 rings (SSSR count). The van der Waals surface area contributed by atoms with E-state index in [9.17, 15) is 0 Å². The second kappa shape index (κ2) is 6.36. The number of rotatable bonds is 5. The molecule has 2 aliphatic rings. The Morgan fingerprint density at radius 2 is 1.94 bits per heavy atom. The third-order valence-electron chi connectivity index (χ3n) is 5.23. The number of hydrogen-bond acceptors (Lipinski definition) is 3. The van der Waals surface area contributed by atoms with Crippen molar-refractivity contribution in [3.63, 3.8) is 0 Å². The van der Waals surface area contributed by atoms with Crippen molar-refractivity contribution >= 4 is 0 Å². The number of nitrogens with one attached hydrogen (secondary N) is 1. The zero-order valence-electron chi connectivity index (χ0n) is 12.5. The maximum absolute atomic E-state index is 3.64.